The first kappa shape index (κ1) is 13.8. The highest BCUT2D eigenvalue weighted by atomic mass is 19.4. The molecule has 0 aromatic heterocycles. The van der Waals surface area contributed by atoms with Crippen LogP contribution in [-0.2, 0) is 10.9 Å². The lowest BCUT2D eigenvalue weighted by atomic mass is 10.1. The van der Waals surface area contributed by atoms with Gasteiger partial charge in [0.15, 0.2) is 0 Å². The normalized spacial score (nSPS) is 17.2. The fourth-order valence-electron chi connectivity index (χ4n) is 1.69. The Morgan fingerprint density at radius 3 is 2.26 bits per heavy atom. The zero-order valence-corrected chi connectivity index (χ0v) is 10.0. The average molecular weight is 274 g/mol. The Morgan fingerprint density at radius 1 is 1.16 bits per heavy atom. The summed E-state index contributed by atoms with van der Waals surface area (Å²) in [5.74, 6) is -0.421. The van der Waals surface area contributed by atoms with Crippen LogP contribution < -0.4 is 5.43 Å². The summed E-state index contributed by atoms with van der Waals surface area (Å²) in [5.41, 5.74) is 2.05. The highest BCUT2D eigenvalue weighted by molar-refractivity contribution is 5.93. The molecule has 7 heteroatoms. The van der Waals surface area contributed by atoms with Crippen molar-refractivity contribution in [3.8, 4) is 0 Å². The molecule has 0 spiro atoms. The molecule has 0 unspecified atom stereocenters. The molecule has 1 N–H and O–H groups in total. The largest absolute Gasteiger partial charge is 0.416 e. The summed E-state index contributed by atoms with van der Waals surface area (Å²) in [6, 6.07) is 4.12. The maximum absolute atomic E-state index is 12.4. The lowest BCUT2D eigenvalue weighted by molar-refractivity contribution is -0.137. The smallest absolute Gasteiger partial charge is 0.379 e. The Labute approximate surface area is 108 Å². The van der Waals surface area contributed by atoms with Crippen LogP contribution >= 0.6 is 0 Å². The van der Waals surface area contributed by atoms with E-state index in [0.717, 1.165) is 12.1 Å². The van der Waals surface area contributed by atoms with Crippen molar-refractivity contribution < 1.29 is 22.7 Å². The fourth-order valence-corrected chi connectivity index (χ4v) is 1.69. The Hall–Kier alpha value is -1.60. The maximum atomic E-state index is 12.4. The quantitative estimate of drug-likeness (QED) is 0.892. The van der Waals surface area contributed by atoms with E-state index < -0.39 is 17.6 Å². The van der Waals surface area contributed by atoms with E-state index in [0.29, 0.717) is 26.3 Å². The molecule has 0 bridgehead atoms. The number of hydrazine groups is 1. The Morgan fingerprint density at radius 2 is 1.74 bits per heavy atom. The van der Waals surface area contributed by atoms with Crippen LogP contribution in [0.25, 0.3) is 0 Å². The number of carbonyl (C=O) groups is 1. The number of alkyl halides is 3. The molecule has 2 rings (SSSR count). The molecular weight excluding hydrogens is 261 g/mol. The number of morpholine rings is 1. The summed E-state index contributed by atoms with van der Waals surface area (Å²) in [6.07, 6.45) is -4.39. The van der Waals surface area contributed by atoms with Gasteiger partial charge in [-0.2, -0.15) is 13.2 Å². The molecule has 1 aromatic rings. The number of nitrogens with one attached hydrogen (secondary N) is 1. The summed E-state index contributed by atoms with van der Waals surface area (Å²) in [5, 5.41) is 1.68. The summed E-state index contributed by atoms with van der Waals surface area (Å²) >= 11 is 0. The van der Waals surface area contributed by atoms with Crippen molar-refractivity contribution >= 4 is 5.91 Å². The van der Waals surface area contributed by atoms with E-state index >= 15 is 0 Å². The summed E-state index contributed by atoms with van der Waals surface area (Å²) in [6.45, 7) is 2.17. The molecule has 1 aliphatic rings. The minimum absolute atomic E-state index is 0.194. The van der Waals surface area contributed by atoms with Crippen LogP contribution in [0.5, 0.6) is 0 Å². The van der Waals surface area contributed by atoms with Crippen LogP contribution in [0, 0.1) is 0 Å². The number of hydrogen-bond acceptors (Lipinski definition) is 3. The molecule has 1 fully saturated rings. The van der Waals surface area contributed by atoms with Gasteiger partial charge in [0.2, 0.25) is 0 Å². The van der Waals surface area contributed by atoms with Gasteiger partial charge in [0.05, 0.1) is 18.8 Å². The van der Waals surface area contributed by atoms with Crippen molar-refractivity contribution in [2.45, 2.75) is 6.18 Å². The SMILES string of the molecule is O=C(NN1CCOCC1)c1ccc(C(F)(F)F)cc1. The zero-order valence-electron chi connectivity index (χ0n) is 10.0. The van der Waals surface area contributed by atoms with Crippen LogP contribution in [0.15, 0.2) is 24.3 Å². The van der Waals surface area contributed by atoms with Gasteiger partial charge in [0.1, 0.15) is 0 Å². The van der Waals surface area contributed by atoms with Crippen molar-refractivity contribution in [1.82, 2.24) is 10.4 Å². The van der Waals surface area contributed by atoms with Crippen molar-refractivity contribution in [3.63, 3.8) is 0 Å². The van der Waals surface area contributed by atoms with Gasteiger partial charge in [-0.1, -0.05) is 0 Å². The van der Waals surface area contributed by atoms with Crippen LogP contribution in [-0.4, -0.2) is 37.2 Å². The van der Waals surface area contributed by atoms with Gasteiger partial charge in [-0.15, -0.1) is 0 Å². The number of halogens is 3. The molecule has 1 heterocycles. The molecule has 1 aliphatic heterocycles. The number of rotatable bonds is 2. The number of amides is 1. The Bertz CT molecular complexity index is 439. The molecule has 0 aliphatic carbocycles. The highest BCUT2D eigenvalue weighted by Crippen LogP contribution is 2.29. The first-order chi connectivity index (χ1) is 8.97. The van der Waals surface area contributed by atoms with Gasteiger partial charge in [-0.3, -0.25) is 10.2 Å². The predicted molar refractivity (Wildman–Crippen MR) is 61.3 cm³/mol. The third kappa shape index (κ3) is 3.68. The van der Waals surface area contributed by atoms with Gasteiger partial charge in [-0.05, 0) is 24.3 Å². The molecule has 0 atom stereocenters. The molecule has 19 heavy (non-hydrogen) atoms. The van der Waals surface area contributed by atoms with Crippen molar-refractivity contribution in [1.29, 1.82) is 0 Å². The lowest BCUT2D eigenvalue weighted by Crippen LogP contribution is -2.48. The van der Waals surface area contributed by atoms with E-state index in [-0.39, 0.29) is 5.56 Å². The first-order valence-electron chi connectivity index (χ1n) is 5.78. The molecule has 0 saturated carbocycles. The number of benzene rings is 1. The minimum atomic E-state index is -4.39. The van der Waals surface area contributed by atoms with E-state index in [2.05, 4.69) is 5.43 Å². The van der Waals surface area contributed by atoms with E-state index in [4.69, 9.17) is 4.74 Å². The molecule has 1 amide bonds. The van der Waals surface area contributed by atoms with Crippen molar-refractivity contribution in [2.24, 2.45) is 0 Å². The molecule has 104 valence electrons. The standard InChI is InChI=1S/C12H13F3N2O2/c13-12(14,15)10-3-1-9(2-4-10)11(18)16-17-5-7-19-8-6-17/h1-4H,5-8H2,(H,16,18). The number of ether oxygens (including phenoxy) is 1. The lowest BCUT2D eigenvalue weighted by Gasteiger charge is -2.26. The Balaban J connectivity index is 1.99. The Kier molecular flexibility index (Phi) is 4.06. The van der Waals surface area contributed by atoms with E-state index in [9.17, 15) is 18.0 Å². The summed E-state index contributed by atoms with van der Waals surface area (Å²) < 4.78 is 42.2. The molecule has 1 aromatic carbocycles. The van der Waals surface area contributed by atoms with Crippen LogP contribution in [0.1, 0.15) is 15.9 Å². The van der Waals surface area contributed by atoms with E-state index in [1.54, 1.807) is 5.01 Å². The topological polar surface area (TPSA) is 41.6 Å². The van der Waals surface area contributed by atoms with Crippen LogP contribution in [0.4, 0.5) is 13.2 Å². The van der Waals surface area contributed by atoms with E-state index in [1.165, 1.54) is 12.1 Å². The second-order valence-electron chi connectivity index (χ2n) is 4.12. The van der Waals surface area contributed by atoms with Crippen LogP contribution in [0.2, 0.25) is 0 Å². The second-order valence-corrected chi connectivity index (χ2v) is 4.12. The molecule has 1 saturated heterocycles. The molecule has 0 radical (unpaired) electrons. The van der Waals surface area contributed by atoms with Gasteiger partial charge < -0.3 is 4.74 Å². The number of carbonyl (C=O) groups excluding carboxylic acids is 1. The summed E-state index contributed by atoms with van der Waals surface area (Å²) in [7, 11) is 0. The fraction of sp³-hybridized carbons (Fsp3) is 0.417. The van der Waals surface area contributed by atoms with Gasteiger partial charge in [-0.25, -0.2) is 5.01 Å². The maximum Gasteiger partial charge on any atom is 0.416 e. The summed E-state index contributed by atoms with van der Waals surface area (Å²) in [4.78, 5) is 11.8. The second kappa shape index (κ2) is 5.58. The zero-order chi connectivity index (χ0) is 13.9. The highest BCUT2D eigenvalue weighted by Gasteiger charge is 2.30. The van der Waals surface area contributed by atoms with E-state index in [1.807, 2.05) is 0 Å². The third-order valence-electron chi connectivity index (χ3n) is 2.75. The van der Waals surface area contributed by atoms with Crippen molar-refractivity contribution in [3.05, 3.63) is 35.4 Å². The van der Waals surface area contributed by atoms with Crippen molar-refractivity contribution in [2.75, 3.05) is 26.3 Å². The monoisotopic (exact) mass is 274 g/mol. The molecule has 4 nitrogen and oxygen atoms in total. The first-order valence-corrected chi connectivity index (χ1v) is 5.78. The van der Waals surface area contributed by atoms with Gasteiger partial charge in [0.25, 0.3) is 5.91 Å². The van der Waals surface area contributed by atoms with Crippen LogP contribution in [0.3, 0.4) is 0 Å². The molecular formula is C12H13F3N2O2. The third-order valence-corrected chi connectivity index (χ3v) is 2.75. The average Bonchev–Trinajstić information content (AvgIpc) is 2.39. The minimum Gasteiger partial charge on any atom is -0.379 e. The number of hydrogen-bond donors (Lipinski definition) is 1. The van der Waals surface area contributed by atoms with Gasteiger partial charge in [0, 0.05) is 18.7 Å². The number of nitrogens with zero attached hydrogens (tertiary/aromatic N) is 1. The van der Waals surface area contributed by atoms with Gasteiger partial charge >= 0.3 is 6.18 Å². The predicted octanol–water partition coefficient (Wildman–Crippen LogP) is 1.68.